The lowest BCUT2D eigenvalue weighted by molar-refractivity contribution is 0.618. The molecular formula is C9H6F. The first-order valence-electron chi connectivity index (χ1n) is 2.93. The Hall–Kier alpha value is -1.29. The van der Waals surface area contributed by atoms with Crippen molar-refractivity contribution in [1.29, 1.82) is 0 Å². The number of hydrogen-bond acceptors (Lipinski definition) is 0. The highest BCUT2D eigenvalue weighted by molar-refractivity contribution is 5.33. The fraction of sp³-hybridized carbons (Fsp3) is 0.111. The van der Waals surface area contributed by atoms with Crippen molar-refractivity contribution < 1.29 is 4.39 Å². The number of rotatable bonds is 0. The molecule has 0 saturated carbocycles. The minimum atomic E-state index is -0.237. The molecule has 0 aliphatic heterocycles. The molecule has 0 fully saturated rings. The van der Waals surface area contributed by atoms with E-state index in [1.807, 2.05) is 0 Å². The number of hydrogen-bond donors (Lipinski definition) is 0. The van der Waals surface area contributed by atoms with Crippen LogP contribution in [0.1, 0.15) is 11.1 Å². The van der Waals surface area contributed by atoms with E-state index in [1.165, 1.54) is 12.1 Å². The molecular weight excluding hydrogens is 127 g/mol. The molecule has 1 rings (SSSR count). The predicted octanol–water partition coefficient (Wildman–Crippen LogP) is 2.07. The van der Waals surface area contributed by atoms with Crippen LogP contribution in [0.15, 0.2) is 18.2 Å². The van der Waals surface area contributed by atoms with E-state index in [2.05, 4.69) is 5.92 Å². The SMILES string of the molecule is [C]#Cc1ccc(F)c(C)c1. The highest BCUT2D eigenvalue weighted by Gasteiger charge is 1.94. The van der Waals surface area contributed by atoms with Crippen molar-refractivity contribution in [2.45, 2.75) is 6.92 Å². The van der Waals surface area contributed by atoms with Crippen LogP contribution < -0.4 is 0 Å². The third-order valence-corrected chi connectivity index (χ3v) is 1.30. The van der Waals surface area contributed by atoms with Gasteiger partial charge in [-0.3, -0.25) is 0 Å². The van der Waals surface area contributed by atoms with E-state index in [-0.39, 0.29) is 5.82 Å². The second-order valence-corrected chi connectivity index (χ2v) is 2.09. The second-order valence-electron chi connectivity index (χ2n) is 2.09. The van der Waals surface area contributed by atoms with E-state index in [4.69, 9.17) is 6.42 Å². The van der Waals surface area contributed by atoms with E-state index >= 15 is 0 Å². The van der Waals surface area contributed by atoms with Crippen LogP contribution in [-0.4, -0.2) is 0 Å². The van der Waals surface area contributed by atoms with Crippen LogP contribution in [0.5, 0.6) is 0 Å². The van der Waals surface area contributed by atoms with Crippen molar-refractivity contribution in [2.75, 3.05) is 0 Å². The Morgan fingerprint density at radius 3 is 2.70 bits per heavy atom. The molecule has 0 saturated heterocycles. The van der Waals surface area contributed by atoms with Crippen LogP contribution in [0, 0.1) is 25.1 Å². The van der Waals surface area contributed by atoms with Gasteiger partial charge in [0.05, 0.1) is 0 Å². The van der Waals surface area contributed by atoms with Crippen LogP contribution in [0.25, 0.3) is 0 Å². The van der Waals surface area contributed by atoms with E-state index in [9.17, 15) is 4.39 Å². The van der Waals surface area contributed by atoms with Crippen molar-refractivity contribution >= 4 is 0 Å². The third-order valence-electron chi connectivity index (χ3n) is 1.30. The average molecular weight is 133 g/mol. The molecule has 0 heterocycles. The van der Waals surface area contributed by atoms with E-state index in [1.54, 1.807) is 13.0 Å². The van der Waals surface area contributed by atoms with E-state index in [0.29, 0.717) is 11.1 Å². The van der Waals surface area contributed by atoms with Crippen LogP contribution in [0.4, 0.5) is 4.39 Å². The van der Waals surface area contributed by atoms with Gasteiger partial charge in [0.25, 0.3) is 0 Å². The number of benzene rings is 1. The van der Waals surface area contributed by atoms with Crippen molar-refractivity contribution in [2.24, 2.45) is 0 Å². The van der Waals surface area contributed by atoms with Gasteiger partial charge in [-0.2, -0.15) is 0 Å². The van der Waals surface area contributed by atoms with Crippen LogP contribution in [0.2, 0.25) is 0 Å². The monoisotopic (exact) mass is 133 g/mol. The average Bonchev–Trinajstić information content (AvgIpc) is 1.95. The molecule has 1 aromatic rings. The molecule has 0 amide bonds. The van der Waals surface area contributed by atoms with Gasteiger partial charge in [-0.05, 0) is 37.1 Å². The van der Waals surface area contributed by atoms with Crippen LogP contribution in [-0.2, 0) is 0 Å². The minimum Gasteiger partial charge on any atom is -0.207 e. The summed E-state index contributed by atoms with van der Waals surface area (Å²) in [5, 5.41) is 0. The van der Waals surface area contributed by atoms with Crippen LogP contribution in [0.3, 0.4) is 0 Å². The molecule has 10 heavy (non-hydrogen) atoms. The lowest BCUT2D eigenvalue weighted by atomic mass is 10.1. The largest absolute Gasteiger partial charge is 0.207 e. The molecule has 0 nitrogen and oxygen atoms in total. The topological polar surface area (TPSA) is 0 Å². The number of halogens is 1. The van der Waals surface area contributed by atoms with Crippen molar-refractivity contribution in [3.05, 3.63) is 41.6 Å². The summed E-state index contributed by atoms with van der Waals surface area (Å²) < 4.78 is 12.5. The van der Waals surface area contributed by atoms with Gasteiger partial charge in [-0.15, -0.1) is 0 Å². The molecule has 1 heteroatoms. The van der Waals surface area contributed by atoms with Crippen molar-refractivity contribution in [3.8, 4) is 5.92 Å². The summed E-state index contributed by atoms with van der Waals surface area (Å²) in [5.41, 5.74) is 1.16. The third kappa shape index (κ3) is 1.16. The Balaban J connectivity index is 3.20. The predicted molar refractivity (Wildman–Crippen MR) is 37.4 cm³/mol. The standard InChI is InChI=1S/C9H6F/c1-3-8-4-5-9(10)7(2)6-8/h4-6H,2H3. The maximum atomic E-state index is 12.5. The summed E-state index contributed by atoms with van der Waals surface area (Å²) >= 11 is 0. The van der Waals surface area contributed by atoms with E-state index < -0.39 is 0 Å². The van der Waals surface area contributed by atoms with Gasteiger partial charge in [0.1, 0.15) is 5.82 Å². The fourth-order valence-corrected chi connectivity index (χ4v) is 0.722. The molecule has 49 valence electrons. The second kappa shape index (κ2) is 2.53. The molecule has 1 aromatic carbocycles. The van der Waals surface area contributed by atoms with Gasteiger partial charge in [-0.1, -0.05) is 5.92 Å². The van der Waals surface area contributed by atoms with Gasteiger partial charge < -0.3 is 0 Å². The Labute approximate surface area is 59.7 Å². The Bertz CT molecular complexity index is 281. The quantitative estimate of drug-likeness (QED) is 0.475. The molecule has 0 atom stereocenters. The molecule has 0 aliphatic rings. The summed E-state index contributed by atoms with van der Waals surface area (Å²) in [6.07, 6.45) is 6.74. The molecule has 0 aromatic heterocycles. The maximum absolute atomic E-state index is 12.5. The lowest BCUT2D eigenvalue weighted by Crippen LogP contribution is -1.82. The molecule has 0 unspecified atom stereocenters. The van der Waals surface area contributed by atoms with Gasteiger partial charge >= 0.3 is 0 Å². The molecule has 0 bridgehead atoms. The first kappa shape index (κ1) is 6.82. The van der Waals surface area contributed by atoms with Crippen molar-refractivity contribution in [1.82, 2.24) is 0 Å². The maximum Gasteiger partial charge on any atom is 0.126 e. The highest BCUT2D eigenvalue weighted by atomic mass is 19.1. The summed E-state index contributed by atoms with van der Waals surface area (Å²) in [6, 6.07) is 4.45. The minimum absolute atomic E-state index is 0.237. The summed E-state index contributed by atoms with van der Waals surface area (Å²) in [7, 11) is 0. The van der Waals surface area contributed by atoms with Gasteiger partial charge in [0.2, 0.25) is 0 Å². The molecule has 1 radical (unpaired) electrons. The van der Waals surface area contributed by atoms with E-state index in [0.717, 1.165) is 0 Å². The molecule has 0 spiro atoms. The summed E-state index contributed by atoms with van der Waals surface area (Å²) in [4.78, 5) is 0. The highest BCUT2D eigenvalue weighted by Crippen LogP contribution is 2.07. The summed E-state index contributed by atoms with van der Waals surface area (Å²) in [6.45, 7) is 1.66. The fourth-order valence-electron chi connectivity index (χ4n) is 0.722. The number of aryl methyl sites for hydroxylation is 1. The first-order chi connectivity index (χ1) is 4.74. The Morgan fingerprint density at radius 2 is 2.20 bits per heavy atom. The first-order valence-corrected chi connectivity index (χ1v) is 2.93. The zero-order valence-corrected chi connectivity index (χ0v) is 5.61. The smallest absolute Gasteiger partial charge is 0.126 e. The molecule has 0 aliphatic carbocycles. The van der Waals surface area contributed by atoms with Gasteiger partial charge in [-0.25, -0.2) is 4.39 Å². The van der Waals surface area contributed by atoms with Crippen LogP contribution >= 0.6 is 0 Å². The Morgan fingerprint density at radius 1 is 1.50 bits per heavy atom. The normalized spacial score (nSPS) is 8.90. The zero-order valence-electron chi connectivity index (χ0n) is 5.61. The molecule has 0 N–H and O–H groups in total. The lowest BCUT2D eigenvalue weighted by Gasteiger charge is -1.94. The summed E-state index contributed by atoms with van der Waals surface area (Å²) in [5.74, 6) is 1.94. The zero-order chi connectivity index (χ0) is 7.56. The van der Waals surface area contributed by atoms with Crippen molar-refractivity contribution in [3.63, 3.8) is 0 Å². The van der Waals surface area contributed by atoms with Gasteiger partial charge in [0.15, 0.2) is 0 Å². The Kier molecular flexibility index (Phi) is 1.73. The van der Waals surface area contributed by atoms with Gasteiger partial charge in [0, 0.05) is 5.56 Å².